The van der Waals surface area contributed by atoms with Crippen molar-refractivity contribution < 1.29 is 24.5 Å². The van der Waals surface area contributed by atoms with Crippen LogP contribution in [-0.4, -0.2) is 47.4 Å². The van der Waals surface area contributed by atoms with Gasteiger partial charge in [-0.1, -0.05) is 417 Å². The lowest BCUT2D eigenvalue weighted by Crippen LogP contribution is -2.45. The highest BCUT2D eigenvalue weighted by Gasteiger charge is 2.20. The van der Waals surface area contributed by atoms with Crippen LogP contribution in [0, 0.1) is 0 Å². The fourth-order valence-corrected chi connectivity index (χ4v) is 13.6. The largest absolute Gasteiger partial charge is 0.466 e. The summed E-state index contributed by atoms with van der Waals surface area (Å²) in [6.07, 6.45) is 104. The van der Waals surface area contributed by atoms with Crippen LogP contribution in [0.3, 0.4) is 0 Å². The molecule has 0 saturated heterocycles. The predicted molar refractivity (Wildman–Crippen MR) is 403 cm³/mol. The number of aliphatic hydroxyl groups is 2. The monoisotopic (exact) mass is 1280 g/mol. The molecule has 0 aliphatic carbocycles. The van der Waals surface area contributed by atoms with Crippen LogP contribution in [0.15, 0.2) is 24.3 Å². The zero-order valence-electron chi connectivity index (χ0n) is 62.1. The van der Waals surface area contributed by atoms with Crippen LogP contribution >= 0.6 is 0 Å². The number of esters is 1. The number of hydrogen-bond donors (Lipinski definition) is 3. The summed E-state index contributed by atoms with van der Waals surface area (Å²) in [5.41, 5.74) is 0. The SMILES string of the molecule is CCCCCCCC/C=C\CCCCCCCCCCCC(=O)OCCCCCCCCCCCCCCCC/C=C\CCCCCCCCCCCCCCCCCCCC(=O)NC(CO)C(O)CCCCCCCCCCCCCCCCCCCCCC. The first kappa shape index (κ1) is 89.3. The molecule has 0 aromatic rings. The predicted octanol–water partition coefficient (Wildman–Crippen LogP) is 28.0. The van der Waals surface area contributed by atoms with Crippen molar-refractivity contribution in [2.24, 2.45) is 0 Å². The van der Waals surface area contributed by atoms with E-state index in [4.69, 9.17) is 4.74 Å². The van der Waals surface area contributed by atoms with Crippen LogP contribution in [0.1, 0.15) is 483 Å². The van der Waals surface area contributed by atoms with Gasteiger partial charge < -0.3 is 20.3 Å². The van der Waals surface area contributed by atoms with Crippen LogP contribution in [0.25, 0.3) is 0 Å². The Balaban J connectivity index is 3.33. The highest BCUT2D eigenvalue weighted by Crippen LogP contribution is 2.20. The molecule has 0 radical (unpaired) electrons. The number of rotatable bonds is 80. The summed E-state index contributed by atoms with van der Waals surface area (Å²) >= 11 is 0. The van der Waals surface area contributed by atoms with Crippen molar-refractivity contribution in [2.75, 3.05) is 13.2 Å². The Kier molecular flexibility index (Phi) is 79.3. The molecule has 1 amide bonds. The van der Waals surface area contributed by atoms with Crippen LogP contribution in [-0.2, 0) is 14.3 Å². The van der Waals surface area contributed by atoms with E-state index in [0.717, 1.165) is 38.5 Å². The van der Waals surface area contributed by atoms with Gasteiger partial charge in [0, 0.05) is 12.8 Å². The molecule has 0 saturated carbocycles. The van der Waals surface area contributed by atoms with Gasteiger partial charge in [0.1, 0.15) is 0 Å². The molecule has 0 aliphatic heterocycles. The van der Waals surface area contributed by atoms with E-state index in [1.807, 2.05) is 0 Å². The van der Waals surface area contributed by atoms with Gasteiger partial charge >= 0.3 is 5.97 Å². The zero-order valence-corrected chi connectivity index (χ0v) is 62.1. The summed E-state index contributed by atoms with van der Waals surface area (Å²) in [7, 11) is 0. The first-order chi connectivity index (χ1) is 45.0. The highest BCUT2D eigenvalue weighted by molar-refractivity contribution is 5.76. The van der Waals surface area contributed by atoms with E-state index in [9.17, 15) is 19.8 Å². The standard InChI is InChI=1S/C85H165NO5/c1-3-5-7-9-11-13-15-17-19-21-23-42-45-49-53-57-61-65-69-73-77-83(88)82(81-87)86-84(89)78-74-70-66-62-58-54-50-46-43-39-37-35-33-31-29-27-25-24-26-28-30-32-34-36-38-40-44-48-52-56-60-64-68-72-76-80-91-85(90)79-75-71-67-63-59-55-51-47-41-22-20-18-16-14-12-10-8-6-4-2/h18,20,26,28,82-83,87-88H,3-17,19,21-25,27,29-81H2,1-2H3,(H,86,89)/b20-18-,28-26-. The highest BCUT2D eigenvalue weighted by atomic mass is 16.5. The van der Waals surface area contributed by atoms with Crippen molar-refractivity contribution in [1.29, 1.82) is 0 Å². The van der Waals surface area contributed by atoms with Crippen LogP contribution in [0.5, 0.6) is 0 Å². The van der Waals surface area contributed by atoms with Gasteiger partial charge in [-0.3, -0.25) is 9.59 Å². The van der Waals surface area contributed by atoms with Gasteiger partial charge in [-0.05, 0) is 77.0 Å². The summed E-state index contributed by atoms with van der Waals surface area (Å²) in [6.45, 7) is 5.01. The third-order valence-electron chi connectivity index (χ3n) is 20.0. The van der Waals surface area contributed by atoms with Crippen molar-refractivity contribution in [3.63, 3.8) is 0 Å². The van der Waals surface area contributed by atoms with E-state index in [1.54, 1.807) is 0 Å². The molecule has 91 heavy (non-hydrogen) atoms. The summed E-state index contributed by atoms with van der Waals surface area (Å²) in [5.74, 6) is -0.00501. The smallest absolute Gasteiger partial charge is 0.305 e. The Labute approximate surface area is 571 Å². The third-order valence-corrected chi connectivity index (χ3v) is 20.0. The molecule has 0 aromatic carbocycles. The molecule has 6 nitrogen and oxygen atoms in total. The maximum atomic E-state index is 12.6. The molecule has 0 rings (SSSR count). The average molecular weight is 1280 g/mol. The number of amides is 1. The second-order valence-electron chi connectivity index (χ2n) is 29.2. The first-order valence-corrected chi connectivity index (χ1v) is 42.1. The maximum absolute atomic E-state index is 12.6. The number of aliphatic hydroxyl groups excluding tert-OH is 2. The quantitative estimate of drug-likeness (QED) is 0.0320. The minimum atomic E-state index is -0.663. The van der Waals surface area contributed by atoms with E-state index in [2.05, 4.69) is 43.5 Å². The van der Waals surface area contributed by atoms with Gasteiger partial charge in [0.05, 0.1) is 25.4 Å². The van der Waals surface area contributed by atoms with E-state index in [-0.39, 0.29) is 18.5 Å². The molecule has 0 aliphatic rings. The van der Waals surface area contributed by atoms with Gasteiger partial charge in [-0.15, -0.1) is 0 Å². The second-order valence-corrected chi connectivity index (χ2v) is 29.2. The van der Waals surface area contributed by atoms with Gasteiger partial charge in [0.15, 0.2) is 0 Å². The molecule has 0 fully saturated rings. The molecule has 0 aromatic heterocycles. The van der Waals surface area contributed by atoms with Crippen molar-refractivity contribution in [1.82, 2.24) is 5.32 Å². The number of unbranched alkanes of at least 4 members (excludes halogenated alkanes) is 65. The molecule has 0 heterocycles. The molecule has 3 N–H and O–H groups in total. The minimum absolute atomic E-state index is 0.0210. The summed E-state index contributed by atoms with van der Waals surface area (Å²) in [6, 6.07) is -0.539. The topological polar surface area (TPSA) is 95.9 Å². The Bertz CT molecular complexity index is 1430. The zero-order chi connectivity index (χ0) is 65.6. The molecule has 540 valence electrons. The third kappa shape index (κ3) is 77.2. The van der Waals surface area contributed by atoms with Crippen molar-refractivity contribution in [3.8, 4) is 0 Å². The summed E-state index contributed by atoms with van der Waals surface area (Å²) < 4.78 is 5.52. The Morgan fingerprint density at radius 3 is 0.780 bits per heavy atom. The van der Waals surface area contributed by atoms with E-state index >= 15 is 0 Å². The van der Waals surface area contributed by atoms with E-state index < -0.39 is 12.1 Å². The van der Waals surface area contributed by atoms with Crippen LogP contribution in [0.4, 0.5) is 0 Å². The average Bonchev–Trinajstić information content (AvgIpc) is 3.74. The molecular weight excluding hydrogens is 1110 g/mol. The van der Waals surface area contributed by atoms with Crippen molar-refractivity contribution in [2.45, 2.75) is 495 Å². The van der Waals surface area contributed by atoms with Gasteiger partial charge in [-0.25, -0.2) is 0 Å². The van der Waals surface area contributed by atoms with E-state index in [1.165, 1.54) is 411 Å². The molecular formula is C85H165NO5. The number of carbonyl (C=O) groups is 2. The van der Waals surface area contributed by atoms with Gasteiger partial charge in [0.2, 0.25) is 5.91 Å². The number of nitrogens with one attached hydrogen (secondary N) is 1. The Morgan fingerprint density at radius 1 is 0.297 bits per heavy atom. The lowest BCUT2D eigenvalue weighted by molar-refractivity contribution is -0.143. The molecule has 2 atom stereocenters. The normalized spacial score (nSPS) is 12.5. The van der Waals surface area contributed by atoms with Crippen LogP contribution in [0.2, 0.25) is 0 Å². The summed E-state index contributed by atoms with van der Waals surface area (Å²) in [4.78, 5) is 24.7. The van der Waals surface area contributed by atoms with E-state index in [0.29, 0.717) is 25.9 Å². The van der Waals surface area contributed by atoms with Crippen molar-refractivity contribution >= 4 is 11.9 Å². The van der Waals surface area contributed by atoms with Gasteiger partial charge in [0.25, 0.3) is 0 Å². The van der Waals surface area contributed by atoms with Gasteiger partial charge in [-0.2, -0.15) is 0 Å². The van der Waals surface area contributed by atoms with Crippen molar-refractivity contribution in [3.05, 3.63) is 24.3 Å². The first-order valence-electron chi connectivity index (χ1n) is 42.1. The number of hydrogen-bond acceptors (Lipinski definition) is 5. The molecule has 0 spiro atoms. The fraction of sp³-hybridized carbons (Fsp3) is 0.929. The lowest BCUT2D eigenvalue weighted by atomic mass is 10.0. The minimum Gasteiger partial charge on any atom is -0.466 e. The molecule has 6 heteroatoms. The second kappa shape index (κ2) is 80.8. The molecule has 0 bridgehead atoms. The molecule has 2 unspecified atom stereocenters. The number of carbonyl (C=O) groups excluding carboxylic acids is 2. The summed E-state index contributed by atoms with van der Waals surface area (Å²) in [5, 5.41) is 23.5. The van der Waals surface area contributed by atoms with Crippen LogP contribution < -0.4 is 5.32 Å². The lowest BCUT2D eigenvalue weighted by Gasteiger charge is -2.22. The maximum Gasteiger partial charge on any atom is 0.305 e. The fourth-order valence-electron chi connectivity index (χ4n) is 13.6. The Morgan fingerprint density at radius 2 is 0.516 bits per heavy atom. The Hall–Kier alpha value is -1.66. The number of ether oxygens (including phenoxy) is 1. The number of allylic oxidation sites excluding steroid dienone is 4.